The maximum Gasteiger partial charge on any atom is 0.261 e. The zero-order chi connectivity index (χ0) is 16.1. The minimum atomic E-state index is -0.331. The number of carbonyl (C=O) groups is 1. The van der Waals surface area contributed by atoms with E-state index in [4.69, 9.17) is 5.21 Å². The molecule has 23 heavy (non-hydrogen) atoms. The highest BCUT2D eigenvalue weighted by molar-refractivity contribution is 7.97. The fourth-order valence-electron chi connectivity index (χ4n) is 2.68. The van der Waals surface area contributed by atoms with Gasteiger partial charge in [0.25, 0.3) is 5.91 Å². The topological polar surface area (TPSA) is 65.5 Å². The maximum atomic E-state index is 11.8. The van der Waals surface area contributed by atoms with Crippen molar-refractivity contribution < 1.29 is 10.0 Å². The number of benzene rings is 1. The number of carbonyl (C=O) groups excluding carboxylic acids is 1. The molecule has 120 valence electrons. The van der Waals surface area contributed by atoms with Gasteiger partial charge in [0.05, 0.1) is 5.69 Å². The number of amides is 1. The average Bonchev–Trinajstić information content (AvgIpc) is 2.63. The molecular weight excluding hydrogens is 310 g/mol. The first-order valence-corrected chi connectivity index (χ1v) is 8.56. The molecule has 1 aliphatic rings. The lowest BCUT2D eigenvalue weighted by atomic mass is 10.1. The second-order valence-corrected chi connectivity index (χ2v) is 6.59. The average molecular weight is 329 g/mol. The Morgan fingerprint density at radius 1 is 1.30 bits per heavy atom. The Kier molecular flexibility index (Phi) is 5.27. The van der Waals surface area contributed by atoms with Crippen molar-refractivity contribution in [1.82, 2.24) is 14.8 Å². The van der Waals surface area contributed by atoms with Crippen LogP contribution in [0.4, 0.5) is 0 Å². The van der Waals surface area contributed by atoms with Gasteiger partial charge in [0.1, 0.15) is 6.04 Å². The van der Waals surface area contributed by atoms with Crippen LogP contribution in [0.3, 0.4) is 0 Å². The Morgan fingerprint density at radius 3 is 2.83 bits per heavy atom. The molecule has 1 amide bonds. The van der Waals surface area contributed by atoms with Gasteiger partial charge in [-0.1, -0.05) is 42.3 Å². The van der Waals surface area contributed by atoms with Crippen molar-refractivity contribution in [2.45, 2.75) is 25.4 Å². The molecule has 6 heteroatoms. The fraction of sp³-hybridized carbons (Fsp3) is 0.294. The lowest BCUT2D eigenvalue weighted by Gasteiger charge is -2.32. The van der Waals surface area contributed by atoms with Crippen LogP contribution in [0.1, 0.15) is 18.4 Å². The predicted molar refractivity (Wildman–Crippen MR) is 90.6 cm³/mol. The van der Waals surface area contributed by atoms with Gasteiger partial charge >= 0.3 is 0 Å². The SMILES string of the molecule is O=C(NO)[C@H]1CCCSN1Cc1ccc(-c2ccccn2)cc1. The van der Waals surface area contributed by atoms with E-state index >= 15 is 0 Å². The normalized spacial score (nSPS) is 18.6. The summed E-state index contributed by atoms with van der Waals surface area (Å²) in [4.78, 5) is 16.1. The third-order valence-electron chi connectivity index (χ3n) is 3.89. The van der Waals surface area contributed by atoms with Crippen molar-refractivity contribution >= 4 is 17.9 Å². The summed E-state index contributed by atoms with van der Waals surface area (Å²) >= 11 is 1.66. The molecule has 2 aromatic rings. The van der Waals surface area contributed by atoms with E-state index in [-0.39, 0.29) is 11.9 Å². The van der Waals surface area contributed by atoms with Gasteiger partial charge < -0.3 is 0 Å². The summed E-state index contributed by atoms with van der Waals surface area (Å²) in [6, 6.07) is 13.8. The number of hydroxylamine groups is 1. The molecule has 1 aromatic heterocycles. The van der Waals surface area contributed by atoms with Crippen molar-refractivity contribution in [3.05, 3.63) is 54.2 Å². The predicted octanol–water partition coefficient (Wildman–Crippen LogP) is 2.87. The van der Waals surface area contributed by atoms with Crippen LogP contribution in [0.5, 0.6) is 0 Å². The van der Waals surface area contributed by atoms with Crippen molar-refractivity contribution in [1.29, 1.82) is 0 Å². The molecule has 1 saturated heterocycles. The van der Waals surface area contributed by atoms with Crippen LogP contribution < -0.4 is 5.48 Å². The molecule has 0 radical (unpaired) electrons. The number of hydrogen-bond donors (Lipinski definition) is 2. The quantitative estimate of drug-likeness (QED) is 0.513. The zero-order valence-corrected chi connectivity index (χ0v) is 13.5. The van der Waals surface area contributed by atoms with Gasteiger partial charge in [0.15, 0.2) is 0 Å². The lowest BCUT2D eigenvalue weighted by molar-refractivity contribution is -0.133. The van der Waals surface area contributed by atoms with E-state index in [1.54, 1.807) is 23.6 Å². The molecule has 1 fully saturated rings. The Hall–Kier alpha value is -1.89. The van der Waals surface area contributed by atoms with Crippen LogP contribution in [-0.2, 0) is 11.3 Å². The summed E-state index contributed by atoms with van der Waals surface area (Å²) < 4.78 is 2.05. The zero-order valence-electron chi connectivity index (χ0n) is 12.7. The first kappa shape index (κ1) is 16.0. The molecule has 0 aliphatic carbocycles. The van der Waals surface area contributed by atoms with Gasteiger partial charge in [-0.15, -0.1) is 0 Å². The van der Waals surface area contributed by atoms with Crippen molar-refractivity contribution in [2.75, 3.05) is 5.75 Å². The van der Waals surface area contributed by atoms with E-state index in [1.165, 1.54) is 0 Å². The van der Waals surface area contributed by atoms with Crippen LogP contribution in [0.2, 0.25) is 0 Å². The Morgan fingerprint density at radius 2 is 2.13 bits per heavy atom. The number of aromatic nitrogens is 1. The van der Waals surface area contributed by atoms with Crippen molar-refractivity contribution in [2.24, 2.45) is 0 Å². The van der Waals surface area contributed by atoms with E-state index < -0.39 is 0 Å². The minimum Gasteiger partial charge on any atom is -0.289 e. The number of nitrogens with one attached hydrogen (secondary N) is 1. The molecule has 0 saturated carbocycles. The van der Waals surface area contributed by atoms with Gasteiger partial charge in [0.2, 0.25) is 0 Å². The molecule has 2 heterocycles. The highest BCUT2D eigenvalue weighted by Crippen LogP contribution is 2.28. The van der Waals surface area contributed by atoms with Crippen LogP contribution in [0.15, 0.2) is 48.7 Å². The summed E-state index contributed by atoms with van der Waals surface area (Å²) in [5, 5.41) is 8.89. The van der Waals surface area contributed by atoms with E-state index in [0.29, 0.717) is 6.54 Å². The van der Waals surface area contributed by atoms with E-state index in [0.717, 1.165) is 35.4 Å². The highest BCUT2D eigenvalue weighted by atomic mass is 32.2. The van der Waals surface area contributed by atoms with Gasteiger partial charge in [-0.05, 0) is 30.5 Å². The van der Waals surface area contributed by atoms with E-state index in [1.807, 2.05) is 34.6 Å². The monoisotopic (exact) mass is 329 g/mol. The van der Waals surface area contributed by atoms with E-state index in [2.05, 4.69) is 17.1 Å². The summed E-state index contributed by atoms with van der Waals surface area (Å²) in [5.74, 6) is 0.670. The van der Waals surface area contributed by atoms with Crippen molar-refractivity contribution in [3.63, 3.8) is 0 Å². The molecule has 1 atom stereocenters. The van der Waals surface area contributed by atoms with Crippen LogP contribution in [0.25, 0.3) is 11.3 Å². The Bertz CT molecular complexity index is 649. The summed E-state index contributed by atoms with van der Waals surface area (Å²) in [5.41, 5.74) is 4.94. The highest BCUT2D eigenvalue weighted by Gasteiger charge is 2.29. The molecule has 1 aromatic carbocycles. The second-order valence-electron chi connectivity index (χ2n) is 5.45. The van der Waals surface area contributed by atoms with Gasteiger partial charge in [-0.3, -0.25) is 15.0 Å². The van der Waals surface area contributed by atoms with Gasteiger partial charge in [-0.25, -0.2) is 9.79 Å². The largest absolute Gasteiger partial charge is 0.289 e. The Balaban J connectivity index is 1.71. The number of pyridine rings is 1. The molecule has 2 N–H and O–H groups in total. The van der Waals surface area contributed by atoms with Gasteiger partial charge in [-0.2, -0.15) is 0 Å². The number of nitrogens with zero attached hydrogens (tertiary/aromatic N) is 2. The second kappa shape index (κ2) is 7.59. The standard InChI is InChI=1S/C17H19N3O2S/c21-17(19-22)16-5-3-11-23-20(16)12-13-6-8-14(9-7-13)15-4-1-2-10-18-15/h1-2,4,6-10,16,22H,3,5,11-12H2,(H,19,21)/t16-/m1/s1. The summed E-state index contributed by atoms with van der Waals surface area (Å²) in [6.07, 6.45) is 3.54. The maximum absolute atomic E-state index is 11.8. The van der Waals surface area contributed by atoms with Gasteiger partial charge in [0, 0.05) is 24.1 Å². The summed E-state index contributed by atoms with van der Waals surface area (Å²) in [7, 11) is 0. The summed E-state index contributed by atoms with van der Waals surface area (Å²) in [6.45, 7) is 0.672. The first-order valence-electron chi connectivity index (χ1n) is 7.62. The lowest BCUT2D eigenvalue weighted by Crippen LogP contribution is -2.44. The molecule has 0 unspecified atom stereocenters. The van der Waals surface area contributed by atoms with E-state index in [9.17, 15) is 4.79 Å². The number of hydrogen-bond acceptors (Lipinski definition) is 5. The molecular formula is C17H19N3O2S. The number of rotatable bonds is 4. The van der Waals surface area contributed by atoms with Crippen molar-refractivity contribution in [3.8, 4) is 11.3 Å². The smallest absolute Gasteiger partial charge is 0.261 e. The fourth-order valence-corrected chi connectivity index (χ4v) is 3.83. The van der Waals surface area contributed by atoms with Crippen LogP contribution in [-0.4, -0.2) is 32.2 Å². The molecule has 1 aliphatic heterocycles. The third kappa shape index (κ3) is 3.90. The van der Waals surface area contributed by atoms with Crippen LogP contribution in [0, 0.1) is 0 Å². The minimum absolute atomic E-state index is 0.283. The first-order chi connectivity index (χ1) is 11.3. The van der Waals surface area contributed by atoms with Crippen LogP contribution >= 0.6 is 11.9 Å². The third-order valence-corrected chi connectivity index (χ3v) is 5.08. The molecule has 0 bridgehead atoms. The molecule has 3 rings (SSSR count). The Labute approximate surface area is 139 Å². The molecule has 0 spiro atoms. The molecule has 5 nitrogen and oxygen atoms in total.